The Morgan fingerprint density at radius 3 is 2.41 bits per heavy atom. The van der Waals surface area contributed by atoms with Gasteiger partial charge in [-0.2, -0.15) is 0 Å². The maximum atomic E-state index is 13.9. The number of anilines is 1. The second kappa shape index (κ2) is 15.6. The predicted octanol–water partition coefficient (Wildman–Crippen LogP) is 2.61. The van der Waals surface area contributed by atoms with Gasteiger partial charge in [-0.05, 0) is 37.8 Å². The van der Waals surface area contributed by atoms with Gasteiger partial charge in [0.15, 0.2) is 5.82 Å². The molecule has 1 aliphatic rings. The highest BCUT2D eigenvalue weighted by Crippen LogP contribution is 2.25. The van der Waals surface area contributed by atoms with Crippen LogP contribution in [0.3, 0.4) is 0 Å². The van der Waals surface area contributed by atoms with Crippen LogP contribution in [0.1, 0.15) is 43.9 Å². The molecular weight excluding hydrogens is 564 g/mol. The van der Waals surface area contributed by atoms with Gasteiger partial charge in [-0.15, -0.1) is 0 Å². The summed E-state index contributed by atoms with van der Waals surface area (Å²) in [6.45, 7) is 4.18. The summed E-state index contributed by atoms with van der Waals surface area (Å²) in [5.74, 6) is -0.868. The molecule has 44 heavy (non-hydrogen) atoms. The van der Waals surface area contributed by atoms with Crippen LogP contribution < -0.4 is 16.4 Å². The lowest BCUT2D eigenvalue weighted by Crippen LogP contribution is -2.56. The normalized spacial score (nSPS) is 16.4. The van der Waals surface area contributed by atoms with Crippen LogP contribution in [0.25, 0.3) is 0 Å². The Hall–Kier alpha value is -4.10. The number of rotatable bonds is 15. The third-order valence-corrected chi connectivity index (χ3v) is 7.41. The zero-order valence-electron chi connectivity index (χ0n) is 25.5. The van der Waals surface area contributed by atoms with Crippen molar-refractivity contribution in [3.05, 3.63) is 84.3 Å². The Balaban J connectivity index is 1.50. The molecule has 12 heteroatoms. The number of hydrogen-bond donors (Lipinski definition) is 3. The average Bonchev–Trinajstić information content (AvgIpc) is 3.68. The molecule has 236 valence electrons. The molecule has 3 amide bonds. The Morgan fingerprint density at radius 2 is 1.75 bits per heavy atom. The van der Waals surface area contributed by atoms with Gasteiger partial charge < -0.3 is 30.6 Å². The van der Waals surface area contributed by atoms with Gasteiger partial charge in [0.2, 0.25) is 11.8 Å². The summed E-state index contributed by atoms with van der Waals surface area (Å²) in [6.07, 6.45) is 5.26. The van der Waals surface area contributed by atoms with Crippen molar-refractivity contribution in [2.45, 2.75) is 63.4 Å². The highest BCUT2D eigenvalue weighted by atomic mass is 17.2. The van der Waals surface area contributed by atoms with Gasteiger partial charge in [0.05, 0.1) is 38.2 Å². The molecule has 0 aliphatic carbocycles. The molecule has 3 aromatic rings. The molecule has 4 N–H and O–H groups in total. The first-order valence-electron chi connectivity index (χ1n) is 14.7. The Labute approximate surface area is 257 Å². The van der Waals surface area contributed by atoms with Crippen LogP contribution in [-0.2, 0) is 41.9 Å². The predicted molar refractivity (Wildman–Crippen MR) is 164 cm³/mol. The second-order valence-electron chi connectivity index (χ2n) is 11.4. The van der Waals surface area contributed by atoms with Crippen molar-refractivity contribution in [1.29, 1.82) is 0 Å². The lowest BCUT2D eigenvalue weighted by Gasteiger charge is -2.29. The Bertz CT molecular complexity index is 1360. The molecule has 1 aromatic heterocycles. The molecule has 0 bridgehead atoms. The minimum atomic E-state index is -1.20. The Morgan fingerprint density at radius 1 is 1.07 bits per heavy atom. The molecule has 2 aromatic carbocycles. The van der Waals surface area contributed by atoms with E-state index in [1.165, 1.54) is 13.4 Å². The molecule has 0 saturated carbocycles. The fourth-order valence-corrected chi connectivity index (χ4v) is 4.98. The number of nitrogens with two attached hydrogens (primary N) is 1. The van der Waals surface area contributed by atoms with Crippen molar-refractivity contribution in [2.75, 3.05) is 32.2 Å². The minimum absolute atomic E-state index is 0.0732. The molecule has 0 spiro atoms. The molecule has 1 fully saturated rings. The smallest absolute Gasteiger partial charge is 0.250 e. The molecule has 1 aliphatic heterocycles. The minimum Gasteiger partial charge on any atom is -0.374 e. The second-order valence-corrected chi connectivity index (χ2v) is 11.4. The summed E-state index contributed by atoms with van der Waals surface area (Å²) >= 11 is 0. The van der Waals surface area contributed by atoms with E-state index in [4.69, 9.17) is 20.2 Å². The van der Waals surface area contributed by atoms with E-state index >= 15 is 0 Å². The number of amides is 3. The van der Waals surface area contributed by atoms with Gasteiger partial charge in [0.1, 0.15) is 18.7 Å². The van der Waals surface area contributed by atoms with Gasteiger partial charge in [-0.25, -0.2) is 14.8 Å². The van der Waals surface area contributed by atoms with E-state index in [1.54, 1.807) is 24.6 Å². The van der Waals surface area contributed by atoms with E-state index < -0.39 is 29.4 Å². The number of nitrogens with zero attached hydrogens (tertiary/aromatic N) is 3. The first kappa shape index (κ1) is 32.8. The molecule has 3 atom stereocenters. The van der Waals surface area contributed by atoms with Gasteiger partial charge in [0.25, 0.3) is 5.91 Å². The number of carbonyl (C=O) groups excluding carboxylic acids is 3. The molecule has 0 radical (unpaired) electrons. The van der Waals surface area contributed by atoms with E-state index in [2.05, 4.69) is 15.6 Å². The molecule has 12 nitrogen and oxygen atoms in total. The van der Waals surface area contributed by atoms with Gasteiger partial charge >= 0.3 is 0 Å². The van der Waals surface area contributed by atoms with Crippen molar-refractivity contribution in [1.82, 2.24) is 19.8 Å². The summed E-state index contributed by atoms with van der Waals surface area (Å²) in [7, 11) is 1.45. The van der Waals surface area contributed by atoms with E-state index in [1.807, 2.05) is 65.6 Å². The molecule has 2 heterocycles. The summed E-state index contributed by atoms with van der Waals surface area (Å²) in [5, 5.41) is 5.45. The van der Waals surface area contributed by atoms with Crippen LogP contribution in [0, 0.1) is 0 Å². The van der Waals surface area contributed by atoms with E-state index in [9.17, 15) is 14.4 Å². The highest BCUT2D eigenvalue weighted by molar-refractivity contribution is 5.98. The summed E-state index contributed by atoms with van der Waals surface area (Å²) in [6, 6.07) is 17.5. The number of hydrogen-bond acceptors (Lipinski definition) is 8. The summed E-state index contributed by atoms with van der Waals surface area (Å²) in [4.78, 5) is 56.1. The topological polar surface area (TPSA) is 150 Å². The first-order valence-corrected chi connectivity index (χ1v) is 14.7. The average molecular weight is 607 g/mol. The summed E-state index contributed by atoms with van der Waals surface area (Å²) < 4.78 is 7.49. The van der Waals surface area contributed by atoms with E-state index in [0.29, 0.717) is 13.0 Å². The quantitative estimate of drug-likeness (QED) is 0.177. The number of likely N-dealkylation sites (tertiary alicyclic amines) is 1. The lowest BCUT2D eigenvalue weighted by atomic mass is 10.0. The zero-order chi connectivity index (χ0) is 31.5. The third-order valence-electron chi connectivity index (χ3n) is 7.41. The van der Waals surface area contributed by atoms with Crippen molar-refractivity contribution in [3.63, 3.8) is 0 Å². The van der Waals surface area contributed by atoms with Crippen LogP contribution >= 0.6 is 0 Å². The van der Waals surface area contributed by atoms with Crippen LogP contribution in [0.5, 0.6) is 0 Å². The number of aromatic nitrogens is 2. The van der Waals surface area contributed by atoms with Crippen molar-refractivity contribution in [2.24, 2.45) is 5.73 Å². The van der Waals surface area contributed by atoms with Gasteiger partial charge in [-0.1, -0.05) is 60.7 Å². The maximum absolute atomic E-state index is 13.9. The van der Waals surface area contributed by atoms with Crippen LogP contribution in [0.4, 0.5) is 5.82 Å². The fraction of sp³-hybridized carbons (Fsp3) is 0.438. The molecule has 4 rings (SSSR count). The van der Waals surface area contributed by atoms with Crippen LogP contribution in [0.2, 0.25) is 0 Å². The Kier molecular flexibility index (Phi) is 11.6. The number of nitrogens with one attached hydrogen (secondary N) is 2. The number of ether oxygens (including phenoxy) is 1. The largest absolute Gasteiger partial charge is 0.374 e. The van der Waals surface area contributed by atoms with E-state index in [0.717, 1.165) is 24.0 Å². The number of carbonyl (C=O) groups is 3. The van der Waals surface area contributed by atoms with E-state index in [-0.39, 0.29) is 37.6 Å². The van der Waals surface area contributed by atoms with Gasteiger partial charge in [-0.3, -0.25) is 14.4 Å². The zero-order valence-corrected chi connectivity index (χ0v) is 25.5. The highest BCUT2D eigenvalue weighted by Gasteiger charge is 2.35. The number of imidazole rings is 1. The van der Waals surface area contributed by atoms with Crippen molar-refractivity contribution < 1.29 is 28.9 Å². The standard InChI is InChI=1S/C32H42N6O6/c1-32(2,33)31(41)35-26(21-43-19-24-13-8-5-9-14-24)29(39)36-28-18-37(22-34-28)27(17-23-11-6-4-7-12-23)30(40)38-16-10-15-25(38)20-44-42-3/h4-9,11-14,18,22,25-27H,10,15-17,19-21,33H2,1-3H3,(H,35,41)(H,36,39). The first-order chi connectivity index (χ1) is 21.2. The van der Waals surface area contributed by atoms with Crippen molar-refractivity contribution >= 4 is 23.5 Å². The fourth-order valence-electron chi connectivity index (χ4n) is 4.98. The lowest BCUT2D eigenvalue weighted by molar-refractivity contribution is -0.278. The number of benzene rings is 2. The molecule has 1 saturated heterocycles. The SMILES string of the molecule is COOCC1CCCN1C(=O)C(Cc1ccccc1)n1cnc(NC(=O)C(COCc2ccccc2)NC(=O)C(C)(C)N)c1. The van der Waals surface area contributed by atoms with Crippen molar-refractivity contribution in [3.8, 4) is 0 Å². The van der Waals surface area contributed by atoms with Crippen LogP contribution in [0.15, 0.2) is 73.2 Å². The third kappa shape index (κ3) is 9.20. The molecular formula is C32H42N6O6. The monoisotopic (exact) mass is 606 g/mol. The maximum Gasteiger partial charge on any atom is 0.250 e. The van der Waals surface area contributed by atoms with Crippen LogP contribution in [-0.4, -0.2) is 76.7 Å². The molecule has 3 unspecified atom stereocenters. The summed E-state index contributed by atoms with van der Waals surface area (Å²) in [5.41, 5.74) is 6.68. The van der Waals surface area contributed by atoms with Gasteiger partial charge in [0, 0.05) is 19.2 Å².